The Kier molecular flexibility index (Phi) is 5.57. The van der Waals surface area contributed by atoms with Crippen molar-refractivity contribution in [2.75, 3.05) is 6.54 Å². The van der Waals surface area contributed by atoms with Crippen LogP contribution < -0.4 is 10.5 Å². The first-order valence-corrected chi connectivity index (χ1v) is 9.00. The summed E-state index contributed by atoms with van der Waals surface area (Å²) in [6.45, 7) is 0.946. The van der Waals surface area contributed by atoms with Crippen molar-refractivity contribution in [3.63, 3.8) is 0 Å². The van der Waals surface area contributed by atoms with Crippen molar-refractivity contribution in [2.45, 2.75) is 44.4 Å². The highest BCUT2D eigenvalue weighted by Gasteiger charge is 2.18. The molecule has 4 nitrogen and oxygen atoms in total. The van der Waals surface area contributed by atoms with E-state index in [0.717, 1.165) is 24.0 Å². The summed E-state index contributed by atoms with van der Waals surface area (Å²) >= 11 is 0. The van der Waals surface area contributed by atoms with Crippen molar-refractivity contribution in [1.82, 2.24) is 4.72 Å². The molecular formula is C15H24N2O2S. The minimum Gasteiger partial charge on any atom is -0.326 e. The number of sulfonamides is 1. The summed E-state index contributed by atoms with van der Waals surface area (Å²) in [5.74, 6) is 0.524. The highest BCUT2D eigenvalue weighted by Crippen LogP contribution is 2.23. The second kappa shape index (κ2) is 7.20. The van der Waals surface area contributed by atoms with Crippen LogP contribution in [0.5, 0.6) is 0 Å². The highest BCUT2D eigenvalue weighted by molar-refractivity contribution is 7.88. The largest absolute Gasteiger partial charge is 0.326 e. The summed E-state index contributed by atoms with van der Waals surface area (Å²) in [4.78, 5) is 0. The van der Waals surface area contributed by atoms with Crippen molar-refractivity contribution in [3.8, 4) is 0 Å². The number of nitrogens with one attached hydrogen (secondary N) is 1. The Morgan fingerprint density at radius 2 is 1.75 bits per heavy atom. The van der Waals surface area contributed by atoms with Crippen LogP contribution in [0, 0.1) is 5.92 Å². The maximum atomic E-state index is 12.2. The lowest BCUT2D eigenvalue weighted by Gasteiger charge is -2.21. The Bertz CT molecular complexity index is 522. The van der Waals surface area contributed by atoms with Crippen molar-refractivity contribution in [3.05, 3.63) is 35.4 Å². The second-order valence-electron chi connectivity index (χ2n) is 5.58. The summed E-state index contributed by atoms with van der Waals surface area (Å²) in [6, 6.07) is 7.45. The molecule has 5 heteroatoms. The Labute approximate surface area is 121 Å². The van der Waals surface area contributed by atoms with Gasteiger partial charge in [-0.2, -0.15) is 0 Å². The Morgan fingerprint density at radius 3 is 2.40 bits per heavy atom. The molecule has 20 heavy (non-hydrogen) atoms. The molecule has 0 radical (unpaired) electrons. The molecule has 1 aliphatic carbocycles. The monoisotopic (exact) mass is 296 g/mol. The molecule has 1 aromatic carbocycles. The van der Waals surface area contributed by atoms with E-state index >= 15 is 0 Å². The summed E-state index contributed by atoms with van der Waals surface area (Å²) < 4.78 is 27.1. The Hall–Kier alpha value is -0.910. The van der Waals surface area contributed by atoms with Gasteiger partial charge in [-0.1, -0.05) is 43.5 Å². The molecule has 0 atom stereocenters. The molecule has 1 fully saturated rings. The van der Waals surface area contributed by atoms with Crippen LogP contribution in [0.2, 0.25) is 0 Å². The van der Waals surface area contributed by atoms with E-state index in [1.807, 2.05) is 24.3 Å². The molecule has 0 spiro atoms. The fourth-order valence-corrected chi connectivity index (χ4v) is 4.07. The topological polar surface area (TPSA) is 72.2 Å². The third kappa shape index (κ3) is 4.58. The fraction of sp³-hybridized carbons (Fsp3) is 0.600. The van der Waals surface area contributed by atoms with E-state index in [0.29, 0.717) is 19.0 Å². The first kappa shape index (κ1) is 15.5. The molecule has 0 unspecified atom stereocenters. The summed E-state index contributed by atoms with van der Waals surface area (Å²) in [7, 11) is -3.27. The lowest BCUT2D eigenvalue weighted by molar-refractivity contribution is 0.357. The number of hydrogen-bond donors (Lipinski definition) is 2. The zero-order chi connectivity index (χ0) is 14.4. The van der Waals surface area contributed by atoms with Gasteiger partial charge in [0.05, 0.1) is 5.75 Å². The van der Waals surface area contributed by atoms with E-state index in [-0.39, 0.29) is 5.75 Å². The van der Waals surface area contributed by atoms with Crippen LogP contribution in [0.3, 0.4) is 0 Å². The van der Waals surface area contributed by atoms with Crippen LogP contribution in [-0.4, -0.2) is 15.0 Å². The van der Waals surface area contributed by atoms with Crippen molar-refractivity contribution >= 4 is 10.0 Å². The van der Waals surface area contributed by atoms with Gasteiger partial charge in [0.25, 0.3) is 0 Å². The molecule has 1 aliphatic rings. The van der Waals surface area contributed by atoms with E-state index in [1.165, 1.54) is 19.3 Å². The molecule has 1 aromatic rings. The van der Waals surface area contributed by atoms with E-state index < -0.39 is 10.0 Å². The zero-order valence-corrected chi connectivity index (χ0v) is 12.7. The van der Waals surface area contributed by atoms with Gasteiger partial charge in [0.1, 0.15) is 0 Å². The number of benzene rings is 1. The molecule has 0 saturated heterocycles. The van der Waals surface area contributed by atoms with Gasteiger partial charge in [-0.05, 0) is 29.9 Å². The van der Waals surface area contributed by atoms with Crippen LogP contribution in [0.1, 0.15) is 43.2 Å². The van der Waals surface area contributed by atoms with Crippen molar-refractivity contribution < 1.29 is 8.42 Å². The predicted molar refractivity (Wildman–Crippen MR) is 81.5 cm³/mol. The minimum absolute atomic E-state index is 0.0209. The third-order valence-corrected chi connectivity index (χ3v) is 5.30. The molecular weight excluding hydrogens is 272 g/mol. The van der Waals surface area contributed by atoms with Crippen LogP contribution in [0.15, 0.2) is 24.3 Å². The van der Waals surface area contributed by atoms with E-state index in [4.69, 9.17) is 5.73 Å². The van der Waals surface area contributed by atoms with E-state index in [2.05, 4.69) is 4.72 Å². The van der Waals surface area contributed by atoms with Crippen LogP contribution in [-0.2, 0) is 22.3 Å². The highest BCUT2D eigenvalue weighted by atomic mass is 32.2. The quantitative estimate of drug-likeness (QED) is 0.845. The van der Waals surface area contributed by atoms with Gasteiger partial charge < -0.3 is 5.73 Å². The van der Waals surface area contributed by atoms with Crippen LogP contribution in [0.4, 0.5) is 0 Å². The number of hydrogen-bond acceptors (Lipinski definition) is 3. The van der Waals surface area contributed by atoms with Crippen molar-refractivity contribution in [1.29, 1.82) is 0 Å². The first-order chi connectivity index (χ1) is 9.61. The van der Waals surface area contributed by atoms with Gasteiger partial charge in [-0.25, -0.2) is 13.1 Å². The zero-order valence-electron chi connectivity index (χ0n) is 11.8. The van der Waals surface area contributed by atoms with Gasteiger partial charge in [0.15, 0.2) is 0 Å². The standard InChI is InChI=1S/C15H24N2O2S/c16-10-14-8-4-5-9-15(14)12-20(18,19)17-11-13-6-2-1-3-7-13/h4-5,8-9,13,17H,1-3,6-7,10-12,16H2. The first-order valence-electron chi connectivity index (χ1n) is 7.35. The van der Waals surface area contributed by atoms with Gasteiger partial charge in [0, 0.05) is 13.1 Å². The maximum Gasteiger partial charge on any atom is 0.215 e. The average molecular weight is 296 g/mol. The maximum absolute atomic E-state index is 12.2. The number of rotatable bonds is 6. The molecule has 112 valence electrons. The molecule has 0 aliphatic heterocycles. The van der Waals surface area contributed by atoms with Gasteiger partial charge >= 0.3 is 0 Å². The van der Waals surface area contributed by atoms with E-state index in [9.17, 15) is 8.42 Å². The summed E-state index contributed by atoms with van der Waals surface area (Å²) in [5, 5.41) is 0. The molecule has 0 amide bonds. The lowest BCUT2D eigenvalue weighted by Crippen LogP contribution is -2.31. The van der Waals surface area contributed by atoms with Gasteiger partial charge in [-0.15, -0.1) is 0 Å². The summed E-state index contributed by atoms with van der Waals surface area (Å²) in [5.41, 5.74) is 7.34. The molecule has 0 aromatic heterocycles. The Balaban J connectivity index is 1.93. The normalized spacial score (nSPS) is 17.2. The molecule has 2 rings (SSSR count). The van der Waals surface area contributed by atoms with Gasteiger partial charge in [0.2, 0.25) is 10.0 Å². The van der Waals surface area contributed by atoms with Gasteiger partial charge in [-0.3, -0.25) is 0 Å². The second-order valence-corrected chi connectivity index (χ2v) is 7.39. The summed E-state index contributed by atoms with van der Waals surface area (Å²) in [6.07, 6.45) is 6.02. The van der Waals surface area contributed by atoms with Crippen molar-refractivity contribution in [2.24, 2.45) is 11.7 Å². The number of nitrogens with two attached hydrogens (primary N) is 1. The van der Waals surface area contributed by atoms with Crippen LogP contribution in [0.25, 0.3) is 0 Å². The Morgan fingerprint density at radius 1 is 1.10 bits per heavy atom. The van der Waals surface area contributed by atoms with Crippen LogP contribution >= 0.6 is 0 Å². The molecule has 0 bridgehead atoms. The molecule has 0 heterocycles. The third-order valence-electron chi connectivity index (χ3n) is 4.00. The SMILES string of the molecule is NCc1ccccc1CS(=O)(=O)NCC1CCCCC1. The lowest BCUT2D eigenvalue weighted by atomic mass is 9.90. The fourth-order valence-electron chi connectivity index (χ4n) is 2.79. The predicted octanol–water partition coefficient (Wildman–Crippen LogP) is 2.14. The molecule has 3 N–H and O–H groups in total. The smallest absolute Gasteiger partial charge is 0.215 e. The minimum atomic E-state index is -3.27. The molecule has 1 saturated carbocycles. The average Bonchev–Trinajstić information content (AvgIpc) is 2.47. The van der Waals surface area contributed by atoms with E-state index in [1.54, 1.807) is 0 Å².